The molecular weight excluding hydrogens is 1580 g/mol. The summed E-state index contributed by atoms with van der Waals surface area (Å²) in [5.41, 5.74) is 28.9. The largest absolute Gasteiger partial charge is 0.456 e. The molecule has 3 aliphatic rings. The van der Waals surface area contributed by atoms with Gasteiger partial charge in [0.05, 0.1) is 28.4 Å². The van der Waals surface area contributed by atoms with Gasteiger partial charge in [-0.25, -0.2) is 0 Å². The molecule has 0 N–H and O–H groups in total. The Bertz CT molecular complexity index is 8470. The highest BCUT2D eigenvalue weighted by Gasteiger charge is 2.37. The van der Waals surface area contributed by atoms with Crippen molar-refractivity contribution in [2.45, 2.75) is 19.3 Å². The number of hydrogen-bond acceptors (Lipinski definition) is 7. The van der Waals surface area contributed by atoms with Crippen LogP contribution >= 0.6 is 0 Å². The average molecular weight is 1660 g/mol. The van der Waals surface area contributed by atoms with Crippen molar-refractivity contribution in [2.24, 2.45) is 0 Å². The van der Waals surface area contributed by atoms with E-state index >= 15 is 0 Å². The molecule has 0 spiro atoms. The van der Waals surface area contributed by atoms with Gasteiger partial charge in [0.2, 0.25) is 0 Å². The second-order valence-corrected chi connectivity index (χ2v) is 34.4. The first-order valence-corrected chi connectivity index (χ1v) is 44.6. The molecule has 0 fully saturated rings. The van der Waals surface area contributed by atoms with E-state index in [1.165, 1.54) is 71.1 Å². The molecular formula is C123H82N4O3. The molecule has 23 aromatic rings. The van der Waals surface area contributed by atoms with Crippen molar-refractivity contribution in [1.29, 1.82) is 0 Å². The van der Waals surface area contributed by atoms with E-state index in [0.29, 0.717) is 0 Å². The zero-order chi connectivity index (χ0) is 86.1. The van der Waals surface area contributed by atoms with Gasteiger partial charge in [0.25, 0.3) is 0 Å². The summed E-state index contributed by atoms with van der Waals surface area (Å²) in [7, 11) is 0. The van der Waals surface area contributed by atoms with Crippen LogP contribution in [-0.2, 0) is 5.41 Å². The van der Waals surface area contributed by atoms with Gasteiger partial charge >= 0.3 is 0 Å². The van der Waals surface area contributed by atoms with Gasteiger partial charge in [0, 0.05) is 112 Å². The van der Waals surface area contributed by atoms with E-state index in [0.717, 1.165) is 173 Å². The zero-order valence-electron chi connectivity index (χ0n) is 71.4. The lowest BCUT2D eigenvalue weighted by Crippen LogP contribution is -2.16. The fraction of sp³-hybridized carbons (Fsp3) is 0.0244. The molecule has 1 aromatic heterocycles. The highest BCUT2D eigenvalue weighted by Crippen LogP contribution is 2.59. The van der Waals surface area contributed by atoms with Crippen molar-refractivity contribution >= 4 is 155 Å². The smallest absolute Gasteiger partial charge is 0.159 e. The van der Waals surface area contributed by atoms with E-state index in [2.05, 4.69) is 482 Å². The lowest BCUT2D eigenvalue weighted by Gasteiger charge is -2.30. The van der Waals surface area contributed by atoms with Gasteiger partial charge in [0.15, 0.2) is 5.58 Å². The SMILES string of the molecule is CC1(C)c2ccccc2-c2ccc(N(c3ccccc3)c3cc4c5cccc6c5c(cc4c4ccccc34)-c3ccc(N(c4ccccc4)c4ccccc4-c4ccccc4)cc3O6)cc21.c1ccc(-c2ccccc2N(c2ccccc2)c2ccc3c(c2)Oc2cccc4c2c-3cc2c3ccccc3c(N(c3ccccc3)c3cccc5c3oc3ccccc35)cc42)cc1. The summed E-state index contributed by atoms with van der Waals surface area (Å²) in [6.45, 7) is 4.72. The molecule has 0 bridgehead atoms. The number of ether oxygens (including phenoxy) is 2. The zero-order valence-corrected chi connectivity index (χ0v) is 71.4. The number of para-hydroxylation sites is 8. The van der Waals surface area contributed by atoms with E-state index in [-0.39, 0.29) is 5.41 Å². The summed E-state index contributed by atoms with van der Waals surface area (Å²) in [4.78, 5) is 9.50. The molecule has 22 aromatic carbocycles. The third kappa shape index (κ3) is 12.3. The molecule has 0 radical (unpaired) electrons. The molecule has 2 aliphatic heterocycles. The molecule has 0 atom stereocenters. The Morgan fingerprint density at radius 1 is 0.185 bits per heavy atom. The summed E-state index contributed by atoms with van der Waals surface area (Å²) in [6, 6.07) is 166. The number of hydrogen-bond donors (Lipinski definition) is 0. The fourth-order valence-corrected chi connectivity index (χ4v) is 20.9. The Balaban J connectivity index is 0.000000140. The molecule has 0 unspecified atom stereocenters. The molecule has 7 heteroatoms. The summed E-state index contributed by atoms with van der Waals surface area (Å²) < 4.78 is 20.7. The van der Waals surface area contributed by atoms with E-state index in [1.807, 2.05) is 12.1 Å². The number of fused-ring (bicyclic) bond motifs is 18. The molecule has 3 heterocycles. The molecule has 612 valence electrons. The Hall–Kier alpha value is -17.0. The van der Waals surface area contributed by atoms with Crippen molar-refractivity contribution in [2.75, 3.05) is 19.6 Å². The topological polar surface area (TPSA) is 44.6 Å². The molecule has 0 saturated heterocycles. The lowest BCUT2D eigenvalue weighted by atomic mass is 9.82. The number of rotatable bonds is 14. The van der Waals surface area contributed by atoms with Gasteiger partial charge in [-0.05, 0) is 233 Å². The third-order valence-electron chi connectivity index (χ3n) is 26.8. The Morgan fingerprint density at radius 3 is 1.03 bits per heavy atom. The summed E-state index contributed by atoms with van der Waals surface area (Å²) >= 11 is 0. The van der Waals surface area contributed by atoms with Crippen LogP contribution in [0, 0.1) is 0 Å². The minimum absolute atomic E-state index is 0.129. The maximum absolute atomic E-state index is 7.03. The van der Waals surface area contributed by atoms with Gasteiger partial charge in [-0.1, -0.05) is 317 Å². The summed E-state index contributed by atoms with van der Waals surface area (Å²) in [5, 5.41) is 16.2. The van der Waals surface area contributed by atoms with Crippen LogP contribution < -0.4 is 29.1 Å². The monoisotopic (exact) mass is 1660 g/mol. The van der Waals surface area contributed by atoms with Crippen LogP contribution in [0.25, 0.3) is 142 Å². The second-order valence-electron chi connectivity index (χ2n) is 34.4. The van der Waals surface area contributed by atoms with Gasteiger partial charge in [-0.3, -0.25) is 0 Å². The van der Waals surface area contributed by atoms with Crippen LogP contribution in [0.4, 0.5) is 68.2 Å². The number of furan rings is 1. The minimum atomic E-state index is -0.129. The Morgan fingerprint density at radius 2 is 0.531 bits per heavy atom. The highest BCUT2D eigenvalue weighted by atomic mass is 16.5. The quantitative estimate of drug-likeness (QED) is 0.101. The van der Waals surface area contributed by atoms with Crippen LogP contribution in [0.15, 0.2) is 465 Å². The normalized spacial score (nSPS) is 12.4. The number of benzene rings is 22. The van der Waals surface area contributed by atoms with E-state index in [1.54, 1.807) is 0 Å². The molecule has 0 saturated carbocycles. The van der Waals surface area contributed by atoms with Gasteiger partial charge < -0.3 is 33.5 Å². The minimum Gasteiger partial charge on any atom is -0.456 e. The average Bonchev–Trinajstić information content (AvgIpc) is 0.851. The summed E-state index contributed by atoms with van der Waals surface area (Å²) in [5.74, 6) is 3.37. The molecule has 1 aliphatic carbocycles. The van der Waals surface area contributed by atoms with Crippen molar-refractivity contribution in [3.05, 3.63) is 472 Å². The van der Waals surface area contributed by atoms with Crippen LogP contribution in [0.5, 0.6) is 23.0 Å². The van der Waals surface area contributed by atoms with Crippen LogP contribution in [0.1, 0.15) is 25.0 Å². The summed E-state index contributed by atoms with van der Waals surface area (Å²) in [6.07, 6.45) is 0. The maximum Gasteiger partial charge on any atom is 0.159 e. The van der Waals surface area contributed by atoms with Crippen molar-refractivity contribution in [3.63, 3.8) is 0 Å². The van der Waals surface area contributed by atoms with Gasteiger partial charge in [-0.2, -0.15) is 0 Å². The first-order valence-electron chi connectivity index (χ1n) is 44.6. The first-order chi connectivity index (χ1) is 64.3. The first kappa shape index (κ1) is 75.5. The maximum atomic E-state index is 7.03. The van der Waals surface area contributed by atoms with Crippen molar-refractivity contribution < 1.29 is 13.9 Å². The number of anilines is 12. The van der Waals surface area contributed by atoms with E-state index in [4.69, 9.17) is 13.9 Å². The Kier molecular flexibility index (Phi) is 17.8. The van der Waals surface area contributed by atoms with E-state index < -0.39 is 0 Å². The van der Waals surface area contributed by atoms with E-state index in [9.17, 15) is 0 Å². The second kappa shape index (κ2) is 30.7. The van der Waals surface area contributed by atoms with Crippen LogP contribution in [0.3, 0.4) is 0 Å². The predicted molar refractivity (Wildman–Crippen MR) is 543 cm³/mol. The third-order valence-corrected chi connectivity index (χ3v) is 26.8. The van der Waals surface area contributed by atoms with Crippen LogP contribution in [0.2, 0.25) is 0 Å². The Labute approximate surface area is 753 Å². The van der Waals surface area contributed by atoms with Crippen molar-refractivity contribution in [1.82, 2.24) is 0 Å². The molecule has 0 amide bonds. The highest BCUT2D eigenvalue weighted by molar-refractivity contribution is 6.28. The fourth-order valence-electron chi connectivity index (χ4n) is 20.9. The lowest BCUT2D eigenvalue weighted by molar-refractivity contribution is 0.487. The molecule has 26 rings (SSSR count). The standard InChI is InChI=1S/C63H44N2O.C60H38N2O2/c1-63(2)56-30-16-14-27-48(56)49-35-33-44(37-57(49)63)65(43-23-10-5-11-24-43)59-40-54-52-29-18-32-60-62(52)55(39-53(54)47-26-12-13-28-50(47)59)51-36-34-45(38-61(51)66-60)64(42-21-8-4-9-22-42)58-31-17-15-25-46(58)41-19-6-3-7-20-41;1-4-18-39(19-5-1)43-24-12-14-30-53(43)61(40-20-6-2-7-21-40)42-34-35-47-52-37-50-44-25-10-11-26-45(44)55(38-51(50)48-28-17-33-57(59(48)52)63-58(47)36-42)62(41-22-8-3-9-23-41)54-31-16-29-49-46-27-13-15-32-56(46)64-60(49)54/h3-40H,1-2H3;1-38H. The van der Waals surface area contributed by atoms with Gasteiger partial charge in [0.1, 0.15) is 28.6 Å². The number of nitrogens with zero attached hydrogens (tertiary/aromatic N) is 4. The molecule has 7 nitrogen and oxygen atoms in total. The predicted octanol–water partition coefficient (Wildman–Crippen LogP) is 35.3. The van der Waals surface area contributed by atoms with Gasteiger partial charge in [-0.15, -0.1) is 0 Å². The van der Waals surface area contributed by atoms with Crippen molar-refractivity contribution in [3.8, 4) is 78.6 Å². The molecule has 130 heavy (non-hydrogen) atoms. The van der Waals surface area contributed by atoms with Crippen LogP contribution in [-0.4, -0.2) is 0 Å².